The largest absolute Gasteiger partial charge is 0.468 e. The summed E-state index contributed by atoms with van der Waals surface area (Å²) in [5, 5.41) is 8.28. The quantitative estimate of drug-likeness (QED) is 0.437. The molecule has 0 aromatic carbocycles. The lowest BCUT2D eigenvalue weighted by Gasteiger charge is -2.31. The van der Waals surface area contributed by atoms with Gasteiger partial charge >= 0.3 is 6.18 Å². The molecule has 200 valence electrons. The SMILES string of the molecule is Cc1cc(Cn2cc3c(NC(=O)C4CCN(CCC(C)C)CC4)nccc3n2)cnc1OCC(F)(F)F. The normalized spacial score (nSPS) is 15.4. The maximum absolute atomic E-state index is 13.0. The molecule has 1 aliphatic rings. The van der Waals surface area contributed by atoms with Crippen LogP contribution in [0.1, 0.15) is 44.2 Å². The molecule has 8 nitrogen and oxygen atoms in total. The smallest absolute Gasteiger partial charge is 0.422 e. The maximum atomic E-state index is 13.0. The number of nitrogens with one attached hydrogen (secondary N) is 1. The number of piperidine rings is 1. The number of hydrogen-bond acceptors (Lipinski definition) is 6. The second-order valence-corrected chi connectivity index (χ2v) is 10.1. The minimum atomic E-state index is -4.42. The molecule has 1 aliphatic heterocycles. The molecule has 11 heteroatoms. The molecule has 4 rings (SSSR count). The average molecular weight is 519 g/mol. The number of likely N-dealkylation sites (tertiary alicyclic amines) is 1. The van der Waals surface area contributed by atoms with Gasteiger partial charge in [0.15, 0.2) is 6.61 Å². The van der Waals surface area contributed by atoms with E-state index in [1.807, 2.05) is 0 Å². The van der Waals surface area contributed by atoms with Crippen molar-refractivity contribution in [2.24, 2.45) is 11.8 Å². The van der Waals surface area contributed by atoms with E-state index in [9.17, 15) is 18.0 Å². The van der Waals surface area contributed by atoms with Crippen LogP contribution in [0.5, 0.6) is 5.88 Å². The van der Waals surface area contributed by atoms with Gasteiger partial charge in [0.2, 0.25) is 11.8 Å². The van der Waals surface area contributed by atoms with Crippen LogP contribution in [-0.4, -0.2) is 63.0 Å². The first kappa shape index (κ1) is 26.8. The molecule has 3 aromatic rings. The van der Waals surface area contributed by atoms with Crippen molar-refractivity contribution < 1.29 is 22.7 Å². The fraction of sp³-hybridized carbons (Fsp3) is 0.538. The Morgan fingerprint density at radius 2 is 2.00 bits per heavy atom. The summed E-state index contributed by atoms with van der Waals surface area (Å²) in [4.78, 5) is 23.8. The predicted octanol–water partition coefficient (Wildman–Crippen LogP) is 4.82. The highest BCUT2D eigenvalue weighted by atomic mass is 19.4. The van der Waals surface area contributed by atoms with Crippen LogP contribution in [-0.2, 0) is 11.3 Å². The Morgan fingerprint density at radius 3 is 2.68 bits per heavy atom. The lowest BCUT2D eigenvalue weighted by Crippen LogP contribution is -2.38. The third-order valence-electron chi connectivity index (χ3n) is 6.51. The van der Waals surface area contributed by atoms with E-state index in [0.29, 0.717) is 29.4 Å². The Bertz CT molecular complexity index is 1220. The maximum Gasteiger partial charge on any atom is 0.422 e. The number of rotatable bonds is 9. The summed E-state index contributed by atoms with van der Waals surface area (Å²) in [6.45, 7) is 7.98. The van der Waals surface area contributed by atoms with E-state index in [0.717, 1.165) is 43.4 Å². The van der Waals surface area contributed by atoms with Crippen LogP contribution < -0.4 is 10.1 Å². The molecule has 4 heterocycles. The number of fused-ring (bicyclic) bond motifs is 1. The summed E-state index contributed by atoms with van der Waals surface area (Å²) in [6, 6.07) is 3.49. The number of carbonyl (C=O) groups excluding carboxylic acids is 1. The van der Waals surface area contributed by atoms with E-state index in [-0.39, 0.29) is 17.7 Å². The van der Waals surface area contributed by atoms with Crippen molar-refractivity contribution in [1.29, 1.82) is 0 Å². The summed E-state index contributed by atoms with van der Waals surface area (Å²) < 4.78 is 43.8. The third-order valence-corrected chi connectivity index (χ3v) is 6.51. The van der Waals surface area contributed by atoms with Gasteiger partial charge in [-0.3, -0.25) is 9.48 Å². The average Bonchev–Trinajstić information content (AvgIpc) is 3.25. The molecule has 0 saturated carbocycles. The second kappa shape index (κ2) is 11.5. The predicted molar refractivity (Wildman–Crippen MR) is 134 cm³/mol. The Labute approximate surface area is 214 Å². The van der Waals surface area contributed by atoms with Crippen LogP contribution in [0, 0.1) is 18.8 Å². The molecule has 0 unspecified atom stereocenters. The van der Waals surface area contributed by atoms with Crippen molar-refractivity contribution in [3.63, 3.8) is 0 Å². The molecule has 1 fully saturated rings. The lowest BCUT2D eigenvalue weighted by molar-refractivity contribution is -0.154. The molecular formula is C26H33F3N6O2. The fourth-order valence-corrected chi connectivity index (χ4v) is 4.45. The molecular weight excluding hydrogens is 485 g/mol. The van der Waals surface area contributed by atoms with Crippen LogP contribution in [0.3, 0.4) is 0 Å². The van der Waals surface area contributed by atoms with E-state index in [1.165, 1.54) is 12.6 Å². The number of hydrogen-bond donors (Lipinski definition) is 1. The van der Waals surface area contributed by atoms with Crippen LogP contribution in [0.2, 0.25) is 0 Å². The summed E-state index contributed by atoms with van der Waals surface area (Å²) in [5.74, 6) is 1.03. The van der Waals surface area contributed by atoms with Gasteiger partial charge in [-0.05, 0) is 69.4 Å². The van der Waals surface area contributed by atoms with E-state index in [4.69, 9.17) is 4.74 Å². The number of carbonyl (C=O) groups is 1. The standard InChI is InChI=1S/C26H33F3N6O2/c1-17(2)5-9-34-10-6-20(7-11-34)24(36)32-23-21-15-35(33-22(21)4-8-30-23)14-19-12-18(3)25(31-13-19)37-16-26(27,28)29/h4,8,12-13,15,17,20H,5-7,9-11,14,16H2,1-3H3,(H,30,32,36). The van der Waals surface area contributed by atoms with E-state index in [2.05, 4.69) is 39.1 Å². The van der Waals surface area contributed by atoms with E-state index >= 15 is 0 Å². The van der Waals surface area contributed by atoms with Crippen LogP contribution in [0.4, 0.5) is 19.0 Å². The number of halogens is 3. The Morgan fingerprint density at radius 1 is 1.24 bits per heavy atom. The molecule has 0 radical (unpaired) electrons. The molecule has 0 spiro atoms. The number of nitrogens with zero attached hydrogens (tertiary/aromatic N) is 5. The fourth-order valence-electron chi connectivity index (χ4n) is 4.45. The molecule has 1 amide bonds. The zero-order chi connectivity index (χ0) is 26.6. The van der Waals surface area contributed by atoms with Crippen LogP contribution in [0.15, 0.2) is 30.7 Å². The number of ether oxygens (including phenoxy) is 1. The number of aryl methyl sites for hydroxylation is 1. The van der Waals surface area contributed by atoms with Crippen molar-refractivity contribution in [1.82, 2.24) is 24.6 Å². The van der Waals surface area contributed by atoms with E-state index < -0.39 is 12.8 Å². The molecule has 37 heavy (non-hydrogen) atoms. The summed E-state index contributed by atoms with van der Waals surface area (Å²) in [7, 11) is 0. The monoisotopic (exact) mass is 518 g/mol. The molecule has 0 bridgehead atoms. The van der Waals surface area contributed by atoms with Gasteiger partial charge in [0.25, 0.3) is 0 Å². The van der Waals surface area contributed by atoms with Crippen molar-refractivity contribution in [3.05, 3.63) is 41.9 Å². The Kier molecular flexibility index (Phi) is 8.31. The number of pyridine rings is 2. The highest BCUT2D eigenvalue weighted by Gasteiger charge is 2.29. The minimum absolute atomic E-state index is 0.0227. The molecule has 1 saturated heterocycles. The highest BCUT2D eigenvalue weighted by Crippen LogP contribution is 2.25. The number of amides is 1. The van der Waals surface area contributed by atoms with Gasteiger partial charge in [0, 0.05) is 30.1 Å². The summed E-state index contributed by atoms with van der Waals surface area (Å²) in [5.41, 5.74) is 1.94. The van der Waals surface area contributed by atoms with Crippen LogP contribution >= 0.6 is 0 Å². The zero-order valence-corrected chi connectivity index (χ0v) is 21.4. The van der Waals surface area contributed by atoms with Crippen molar-refractivity contribution in [2.45, 2.75) is 52.8 Å². The second-order valence-electron chi connectivity index (χ2n) is 10.1. The highest BCUT2D eigenvalue weighted by molar-refractivity contribution is 5.99. The lowest BCUT2D eigenvalue weighted by atomic mass is 9.95. The number of aromatic nitrogens is 4. The Balaban J connectivity index is 1.38. The summed E-state index contributed by atoms with van der Waals surface area (Å²) in [6.07, 6.45) is 3.28. The van der Waals surface area contributed by atoms with Crippen molar-refractivity contribution >= 4 is 22.6 Å². The van der Waals surface area contributed by atoms with Gasteiger partial charge < -0.3 is 15.0 Å². The van der Waals surface area contributed by atoms with Gasteiger partial charge in [0.1, 0.15) is 5.82 Å². The first-order valence-electron chi connectivity index (χ1n) is 12.6. The zero-order valence-electron chi connectivity index (χ0n) is 21.4. The first-order valence-corrected chi connectivity index (χ1v) is 12.6. The summed E-state index contributed by atoms with van der Waals surface area (Å²) >= 11 is 0. The number of anilines is 1. The molecule has 3 aromatic heterocycles. The number of alkyl halides is 3. The Hall–Kier alpha value is -3.21. The first-order chi connectivity index (χ1) is 17.6. The van der Waals surface area contributed by atoms with Gasteiger partial charge in [-0.2, -0.15) is 18.3 Å². The molecule has 0 atom stereocenters. The van der Waals surface area contributed by atoms with Gasteiger partial charge in [0.05, 0.1) is 17.4 Å². The van der Waals surface area contributed by atoms with Gasteiger partial charge in [-0.1, -0.05) is 13.8 Å². The van der Waals surface area contributed by atoms with Gasteiger partial charge in [-0.15, -0.1) is 0 Å². The topological polar surface area (TPSA) is 85.2 Å². The third kappa shape index (κ3) is 7.41. The van der Waals surface area contributed by atoms with Crippen LogP contribution in [0.25, 0.3) is 10.9 Å². The van der Waals surface area contributed by atoms with Crippen molar-refractivity contribution in [3.8, 4) is 5.88 Å². The molecule has 1 N–H and O–H groups in total. The van der Waals surface area contributed by atoms with Gasteiger partial charge in [-0.25, -0.2) is 9.97 Å². The van der Waals surface area contributed by atoms with E-state index in [1.54, 1.807) is 36.1 Å². The van der Waals surface area contributed by atoms with Crippen molar-refractivity contribution in [2.75, 3.05) is 31.6 Å². The minimum Gasteiger partial charge on any atom is -0.468 e. The molecule has 0 aliphatic carbocycles.